The first kappa shape index (κ1) is 21.9. The predicted molar refractivity (Wildman–Crippen MR) is 118 cm³/mol. The minimum absolute atomic E-state index is 0.0433. The van der Waals surface area contributed by atoms with Gasteiger partial charge in [0, 0.05) is 25.9 Å². The molecule has 0 spiro atoms. The number of hydrogen-bond acceptors (Lipinski definition) is 3. The van der Waals surface area contributed by atoms with Gasteiger partial charge in [-0.3, -0.25) is 19.1 Å². The predicted octanol–water partition coefficient (Wildman–Crippen LogP) is 3.14. The molecule has 162 valence electrons. The van der Waals surface area contributed by atoms with E-state index in [0.717, 1.165) is 18.5 Å². The van der Waals surface area contributed by atoms with Crippen LogP contribution in [-0.4, -0.2) is 27.2 Å². The van der Waals surface area contributed by atoms with Gasteiger partial charge in [0.1, 0.15) is 5.69 Å². The van der Waals surface area contributed by atoms with E-state index in [0.29, 0.717) is 17.5 Å². The zero-order valence-corrected chi connectivity index (χ0v) is 18.3. The number of carbonyl (C=O) groups excluding carboxylic acids is 2. The third-order valence-corrected chi connectivity index (χ3v) is 6.45. The van der Waals surface area contributed by atoms with E-state index in [1.54, 1.807) is 18.7 Å². The third-order valence-electron chi connectivity index (χ3n) is 6.45. The van der Waals surface area contributed by atoms with Gasteiger partial charge in [-0.05, 0) is 37.3 Å². The number of nitrogens with zero attached hydrogens (tertiary/aromatic N) is 2. The van der Waals surface area contributed by atoms with Gasteiger partial charge in [-0.15, -0.1) is 0 Å². The van der Waals surface area contributed by atoms with Gasteiger partial charge in [-0.25, -0.2) is 4.68 Å². The van der Waals surface area contributed by atoms with E-state index < -0.39 is 0 Å². The maximum Gasteiger partial charge on any atom is 0.295 e. The van der Waals surface area contributed by atoms with Gasteiger partial charge in [0.2, 0.25) is 11.8 Å². The van der Waals surface area contributed by atoms with E-state index in [1.165, 1.54) is 11.1 Å². The Morgan fingerprint density at radius 1 is 1.07 bits per heavy atom. The van der Waals surface area contributed by atoms with Gasteiger partial charge in [0.25, 0.3) is 5.56 Å². The molecule has 2 aromatic rings. The lowest BCUT2D eigenvalue weighted by atomic mass is 9.78. The van der Waals surface area contributed by atoms with Crippen LogP contribution in [0.3, 0.4) is 0 Å². The second kappa shape index (κ2) is 9.32. The molecule has 7 heteroatoms. The third kappa shape index (κ3) is 4.66. The van der Waals surface area contributed by atoms with E-state index in [4.69, 9.17) is 0 Å². The molecule has 1 aromatic carbocycles. The minimum Gasteiger partial charge on any atom is -0.353 e. The maximum absolute atomic E-state index is 12.9. The Kier molecular flexibility index (Phi) is 6.80. The molecule has 1 aliphatic rings. The summed E-state index contributed by atoms with van der Waals surface area (Å²) in [6.45, 7) is 6.19. The summed E-state index contributed by atoms with van der Waals surface area (Å²) in [5.74, 6) is 0.601. The number of hydrogen-bond donors (Lipinski definition) is 2. The highest BCUT2D eigenvalue weighted by atomic mass is 16.2. The van der Waals surface area contributed by atoms with Crippen LogP contribution in [0.2, 0.25) is 0 Å². The Hall–Kier alpha value is -2.83. The van der Waals surface area contributed by atoms with Crippen LogP contribution in [0.5, 0.6) is 0 Å². The van der Waals surface area contributed by atoms with E-state index in [9.17, 15) is 14.4 Å². The van der Waals surface area contributed by atoms with Crippen LogP contribution in [0.1, 0.15) is 51.6 Å². The monoisotopic (exact) mass is 412 g/mol. The molecule has 0 bridgehead atoms. The van der Waals surface area contributed by atoms with Crippen molar-refractivity contribution in [1.29, 1.82) is 0 Å². The average molecular weight is 413 g/mol. The van der Waals surface area contributed by atoms with Crippen LogP contribution in [-0.2, 0) is 16.6 Å². The van der Waals surface area contributed by atoms with Crippen LogP contribution in [0.4, 0.5) is 5.69 Å². The summed E-state index contributed by atoms with van der Waals surface area (Å²) in [5, 5.41) is 5.80. The quantitative estimate of drug-likeness (QED) is 0.764. The highest BCUT2D eigenvalue weighted by molar-refractivity contribution is 5.93. The topological polar surface area (TPSA) is 85.1 Å². The number of nitrogens with one attached hydrogen (secondary N) is 2. The Labute approximate surface area is 177 Å². The summed E-state index contributed by atoms with van der Waals surface area (Å²) < 4.78 is 3.23. The molecule has 30 heavy (non-hydrogen) atoms. The highest BCUT2D eigenvalue weighted by Gasteiger charge is 2.28. The maximum atomic E-state index is 12.9. The van der Waals surface area contributed by atoms with E-state index >= 15 is 0 Å². The van der Waals surface area contributed by atoms with Gasteiger partial charge in [-0.1, -0.05) is 44.9 Å². The second-order valence-electron chi connectivity index (χ2n) is 8.43. The largest absolute Gasteiger partial charge is 0.353 e. The molecule has 3 rings (SSSR count). The fourth-order valence-electron chi connectivity index (χ4n) is 4.21. The summed E-state index contributed by atoms with van der Waals surface area (Å²) in [5.41, 5.74) is 1.35. The normalized spacial score (nSPS) is 21.3. The Morgan fingerprint density at radius 2 is 1.73 bits per heavy atom. The number of benzene rings is 1. The van der Waals surface area contributed by atoms with Gasteiger partial charge in [-0.2, -0.15) is 0 Å². The fraction of sp³-hybridized carbons (Fsp3) is 0.522. The Morgan fingerprint density at radius 3 is 2.43 bits per heavy atom. The van der Waals surface area contributed by atoms with Gasteiger partial charge in [0.05, 0.1) is 11.4 Å². The van der Waals surface area contributed by atoms with Crippen molar-refractivity contribution in [2.45, 2.75) is 58.9 Å². The van der Waals surface area contributed by atoms with E-state index in [-0.39, 0.29) is 41.9 Å². The van der Waals surface area contributed by atoms with Crippen LogP contribution in [0, 0.1) is 18.8 Å². The standard InChI is InChI=1S/C23H32N4O3/c1-15-9-8-12-19(16(15)2)24-20(28)13-14-21(29)25-22-17(3)26(4)27(23(22)30)18-10-6-5-7-11-18/h5-7,10-11,15-16,19H,8-9,12-14H2,1-4H3,(H,24,28)(H,25,29)/t15-,16-,19+/m0/s1. The van der Waals surface area contributed by atoms with Crippen LogP contribution >= 0.6 is 0 Å². The first-order chi connectivity index (χ1) is 14.3. The molecular formula is C23H32N4O3. The molecule has 7 nitrogen and oxygen atoms in total. The molecule has 1 aliphatic carbocycles. The van der Waals surface area contributed by atoms with Crippen molar-refractivity contribution < 1.29 is 9.59 Å². The smallest absolute Gasteiger partial charge is 0.295 e. The molecule has 2 N–H and O–H groups in total. The highest BCUT2D eigenvalue weighted by Crippen LogP contribution is 2.29. The molecule has 0 radical (unpaired) electrons. The number of amides is 2. The van der Waals surface area contributed by atoms with Gasteiger partial charge < -0.3 is 10.6 Å². The lowest BCUT2D eigenvalue weighted by molar-refractivity contribution is -0.125. The average Bonchev–Trinajstić information content (AvgIpc) is 2.94. The van der Waals surface area contributed by atoms with Gasteiger partial charge >= 0.3 is 0 Å². The first-order valence-corrected chi connectivity index (χ1v) is 10.7. The van der Waals surface area contributed by atoms with Gasteiger partial charge in [0.15, 0.2) is 0 Å². The van der Waals surface area contributed by atoms with Crippen molar-refractivity contribution in [3.63, 3.8) is 0 Å². The van der Waals surface area contributed by atoms with Crippen molar-refractivity contribution in [1.82, 2.24) is 14.7 Å². The second-order valence-corrected chi connectivity index (χ2v) is 8.43. The molecule has 1 fully saturated rings. The molecular weight excluding hydrogens is 380 g/mol. The summed E-state index contributed by atoms with van der Waals surface area (Å²) in [7, 11) is 1.78. The van der Waals surface area contributed by atoms with Crippen LogP contribution < -0.4 is 16.2 Å². The van der Waals surface area contributed by atoms with Crippen molar-refractivity contribution in [3.05, 3.63) is 46.4 Å². The summed E-state index contributed by atoms with van der Waals surface area (Å²) in [4.78, 5) is 37.6. The summed E-state index contributed by atoms with van der Waals surface area (Å²) >= 11 is 0. The first-order valence-electron chi connectivity index (χ1n) is 10.7. The molecule has 0 unspecified atom stereocenters. The zero-order chi connectivity index (χ0) is 21.8. The Balaban J connectivity index is 1.60. The van der Waals surface area contributed by atoms with Crippen molar-refractivity contribution in [2.24, 2.45) is 18.9 Å². The van der Waals surface area contributed by atoms with Crippen molar-refractivity contribution >= 4 is 17.5 Å². The zero-order valence-electron chi connectivity index (χ0n) is 18.3. The number of rotatable bonds is 6. The number of para-hydroxylation sites is 1. The lowest BCUT2D eigenvalue weighted by Crippen LogP contribution is -2.43. The number of carbonyl (C=O) groups is 2. The minimum atomic E-state index is -0.332. The molecule has 1 heterocycles. The number of aromatic nitrogens is 2. The van der Waals surface area contributed by atoms with Crippen LogP contribution in [0.15, 0.2) is 35.1 Å². The summed E-state index contributed by atoms with van der Waals surface area (Å²) in [6, 6.07) is 9.45. The van der Waals surface area contributed by atoms with Crippen molar-refractivity contribution in [2.75, 3.05) is 5.32 Å². The lowest BCUT2D eigenvalue weighted by Gasteiger charge is -2.34. The molecule has 1 saturated carbocycles. The molecule has 3 atom stereocenters. The molecule has 2 amide bonds. The van der Waals surface area contributed by atoms with E-state index in [2.05, 4.69) is 24.5 Å². The Bertz CT molecular complexity index is 961. The van der Waals surface area contributed by atoms with E-state index in [1.807, 2.05) is 30.3 Å². The fourth-order valence-corrected chi connectivity index (χ4v) is 4.21. The summed E-state index contributed by atoms with van der Waals surface area (Å²) in [6.07, 6.45) is 3.47. The van der Waals surface area contributed by atoms with Crippen LogP contribution in [0.25, 0.3) is 5.69 Å². The molecule has 0 aliphatic heterocycles. The number of anilines is 1. The molecule has 0 saturated heterocycles. The molecule has 1 aromatic heterocycles. The SMILES string of the molecule is Cc1c(NC(=O)CCC(=O)N[C@@H]2CCC[C@H](C)[C@@H]2C)c(=O)n(-c2ccccc2)n1C. The van der Waals surface area contributed by atoms with Crippen molar-refractivity contribution in [3.8, 4) is 5.69 Å².